The summed E-state index contributed by atoms with van der Waals surface area (Å²) in [5.41, 5.74) is 2.70. The van der Waals surface area contributed by atoms with Gasteiger partial charge < -0.3 is 4.98 Å². The number of hydrazine groups is 1. The van der Waals surface area contributed by atoms with E-state index in [4.69, 9.17) is 5.84 Å². The van der Waals surface area contributed by atoms with Crippen LogP contribution in [0.3, 0.4) is 0 Å². The Kier molecular flexibility index (Phi) is 4.16. The van der Waals surface area contributed by atoms with Crippen molar-refractivity contribution in [2.75, 3.05) is 0 Å². The van der Waals surface area contributed by atoms with Gasteiger partial charge in [0.05, 0.1) is 0 Å². The average Bonchev–Trinajstić information content (AvgIpc) is 2.51. The fourth-order valence-electron chi connectivity index (χ4n) is 0.806. The topological polar surface area (TPSA) is 88.0 Å². The standard InChI is InChI=1S/C7H9N3O2.ClH/c1-4(11)5-2-6(9-3-5)7(12)10-8;/h2-3,9H,8H2,1H3,(H,10,12);1H. The summed E-state index contributed by atoms with van der Waals surface area (Å²) in [4.78, 5) is 24.3. The fraction of sp³-hybridized carbons (Fsp3) is 0.143. The zero-order valence-corrected chi connectivity index (χ0v) is 7.77. The molecule has 0 aliphatic heterocycles. The fourth-order valence-corrected chi connectivity index (χ4v) is 0.806. The third-order valence-corrected chi connectivity index (χ3v) is 1.47. The molecule has 72 valence electrons. The van der Waals surface area contributed by atoms with Gasteiger partial charge in [-0.15, -0.1) is 12.4 Å². The van der Waals surface area contributed by atoms with Gasteiger partial charge in [-0.3, -0.25) is 15.0 Å². The van der Waals surface area contributed by atoms with Crippen molar-refractivity contribution in [2.24, 2.45) is 5.84 Å². The predicted octanol–water partition coefficient (Wildman–Crippen LogP) is 0.243. The molecule has 0 aliphatic carbocycles. The number of nitrogen functional groups attached to an aromatic ring is 1. The molecule has 0 aliphatic rings. The lowest BCUT2D eigenvalue weighted by Crippen LogP contribution is -2.30. The monoisotopic (exact) mass is 203 g/mol. The molecule has 0 unspecified atom stereocenters. The number of rotatable bonds is 2. The number of ketones is 1. The summed E-state index contributed by atoms with van der Waals surface area (Å²) >= 11 is 0. The molecule has 1 heterocycles. The Balaban J connectivity index is 0.00000144. The van der Waals surface area contributed by atoms with Crippen LogP contribution in [-0.4, -0.2) is 16.7 Å². The van der Waals surface area contributed by atoms with Crippen LogP contribution in [0.15, 0.2) is 12.3 Å². The Morgan fingerprint density at radius 3 is 2.54 bits per heavy atom. The van der Waals surface area contributed by atoms with Crippen LogP contribution < -0.4 is 11.3 Å². The zero-order chi connectivity index (χ0) is 9.14. The number of aromatic amines is 1. The molecule has 0 saturated heterocycles. The lowest BCUT2D eigenvalue weighted by molar-refractivity contribution is 0.0949. The Labute approximate surface area is 81.1 Å². The minimum Gasteiger partial charge on any atom is -0.356 e. The molecule has 1 amide bonds. The molecular weight excluding hydrogens is 194 g/mol. The Bertz CT molecular complexity index is 321. The van der Waals surface area contributed by atoms with Crippen molar-refractivity contribution in [1.82, 2.24) is 10.4 Å². The summed E-state index contributed by atoms with van der Waals surface area (Å²) in [5.74, 6) is 4.35. The highest BCUT2D eigenvalue weighted by molar-refractivity contribution is 5.98. The lowest BCUT2D eigenvalue weighted by atomic mass is 10.2. The average molecular weight is 204 g/mol. The molecule has 0 atom stereocenters. The highest BCUT2D eigenvalue weighted by Gasteiger charge is 2.08. The number of H-pyrrole nitrogens is 1. The minimum absolute atomic E-state index is 0. The quantitative estimate of drug-likeness (QED) is 0.279. The Morgan fingerprint density at radius 1 is 1.54 bits per heavy atom. The molecule has 13 heavy (non-hydrogen) atoms. The van der Waals surface area contributed by atoms with E-state index in [-0.39, 0.29) is 23.9 Å². The molecule has 1 aromatic heterocycles. The van der Waals surface area contributed by atoms with Gasteiger partial charge in [0, 0.05) is 11.8 Å². The minimum atomic E-state index is -0.442. The first-order valence-corrected chi connectivity index (χ1v) is 3.35. The van der Waals surface area contributed by atoms with E-state index in [1.54, 1.807) is 0 Å². The van der Waals surface area contributed by atoms with E-state index in [0.717, 1.165) is 0 Å². The van der Waals surface area contributed by atoms with Crippen molar-refractivity contribution in [1.29, 1.82) is 0 Å². The van der Waals surface area contributed by atoms with Crippen LogP contribution in [-0.2, 0) is 0 Å². The number of amides is 1. The van der Waals surface area contributed by atoms with E-state index in [0.29, 0.717) is 5.56 Å². The van der Waals surface area contributed by atoms with Gasteiger partial charge in [0.15, 0.2) is 5.78 Å². The summed E-state index contributed by atoms with van der Waals surface area (Å²) in [6.07, 6.45) is 1.47. The summed E-state index contributed by atoms with van der Waals surface area (Å²) < 4.78 is 0. The predicted molar refractivity (Wildman–Crippen MR) is 49.7 cm³/mol. The second-order valence-corrected chi connectivity index (χ2v) is 2.33. The smallest absolute Gasteiger partial charge is 0.281 e. The zero-order valence-electron chi connectivity index (χ0n) is 6.96. The Morgan fingerprint density at radius 2 is 2.15 bits per heavy atom. The maximum atomic E-state index is 10.9. The van der Waals surface area contributed by atoms with E-state index in [2.05, 4.69) is 4.98 Å². The van der Waals surface area contributed by atoms with Crippen LogP contribution in [0, 0.1) is 0 Å². The summed E-state index contributed by atoms with van der Waals surface area (Å²) in [7, 11) is 0. The van der Waals surface area contributed by atoms with Crippen LogP contribution >= 0.6 is 12.4 Å². The van der Waals surface area contributed by atoms with Crippen molar-refractivity contribution in [3.8, 4) is 0 Å². The Hall–Kier alpha value is -1.33. The number of hydrogen-bond donors (Lipinski definition) is 3. The SMILES string of the molecule is CC(=O)c1c[nH]c(C(=O)NN)c1.Cl. The molecule has 0 saturated carbocycles. The van der Waals surface area contributed by atoms with Crippen molar-refractivity contribution >= 4 is 24.1 Å². The van der Waals surface area contributed by atoms with E-state index in [9.17, 15) is 9.59 Å². The number of Topliss-reactive ketones (excluding diaryl/α,β-unsaturated/α-hetero) is 1. The maximum Gasteiger partial charge on any atom is 0.281 e. The summed E-state index contributed by atoms with van der Waals surface area (Å²) in [5, 5.41) is 0. The van der Waals surface area contributed by atoms with E-state index >= 15 is 0 Å². The molecule has 1 rings (SSSR count). The maximum absolute atomic E-state index is 10.9. The second kappa shape index (κ2) is 4.64. The van der Waals surface area contributed by atoms with Gasteiger partial charge in [-0.05, 0) is 13.0 Å². The first-order valence-electron chi connectivity index (χ1n) is 3.35. The van der Waals surface area contributed by atoms with Gasteiger partial charge in [0.1, 0.15) is 5.69 Å². The number of aromatic nitrogens is 1. The summed E-state index contributed by atoms with van der Waals surface area (Å²) in [6, 6.07) is 1.45. The van der Waals surface area contributed by atoms with Crippen LogP contribution in [0.5, 0.6) is 0 Å². The van der Waals surface area contributed by atoms with Crippen LogP contribution in [0.2, 0.25) is 0 Å². The normalized spacial score (nSPS) is 8.77. The number of nitrogens with two attached hydrogens (primary N) is 1. The highest BCUT2D eigenvalue weighted by Crippen LogP contribution is 2.03. The number of halogens is 1. The van der Waals surface area contributed by atoms with E-state index in [1.165, 1.54) is 19.2 Å². The van der Waals surface area contributed by atoms with Gasteiger partial charge >= 0.3 is 0 Å². The number of hydrogen-bond acceptors (Lipinski definition) is 3. The third kappa shape index (κ3) is 2.57. The van der Waals surface area contributed by atoms with Crippen LogP contribution in [0.1, 0.15) is 27.8 Å². The van der Waals surface area contributed by atoms with Crippen molar-refractivity contribution in [3.63, 3.8) is 0 Å². The number of carbonyl (C=O) groups is 2. The number of nitrogens with one attached hydrogen (secondary N) is 2. The molecule has 0 radical (unpaired) electrons. The second-order valence-electron chi connectivity index (χ2n) is 2.33. The molecule has 0 spiro atoms. The molecule has 6 heteroatoms. The van der Waals surface area contributed by atoms with E-state index in [1.807, 2.05) is 5.43 Å². The molecule has 0 fully saturated rings. The van der Waals surface area contributed by atoms with Crippen molar-refractivity contribution in [3.05, 3.63) is 23.5 Å². The lowest BCUT2D eigenvalue weighted by Gasteiger charge is -1.92. The summed E-state index contributed by atoms with van der Waals surface area (Å²) in [6.45, 7) is 1.42. The van der Waals surface area contributed by atoms with Gasteiger partial charge in [-0.1, -0.05) is 0 Å². The van der Waals surface area contributed by atoms with Crippen LogP contribution in [0.25, 0.3) is 0 Å². The molecule has 1 aromatic rings. The molecule has 4 N–H and O–H groups in total. The van der Waals surface area contributed by atoms with E-state index < -0.39 is 5.91 Å². The highest BCUT2D eigenvalue weighted by atomic mass is 35.5. The van der Waals surface area contributed by atoms with Crippen molar-refractivity contribution < 1.29 is 9.59 Å². The first kappa shape index (κ1) is 11.7. The largest absolute Gasteiger partial charge is 0.356 e. The molecule has 5 nitrogen and oxygen atoms in total. The van der Waals surface area contributed by atoms with Gasteiger partial charge in [-0.25, -0.2) is 5.84 Å². The number of carbonyl (C=O) groups excluding carboxylic acids is 2. The van der Waals surface area contributed by atoms with Crippen LogP contribution in [0.4, 0.5) is 0 Å². The van der Waals surface area contributed by atoms with Gasteiger partial charge in [-0.2, -0.15) is 0 Å². The van der Waals surface area contributed by atoms with Crippen molar-refractivity contribution in [2.45, 2.75) is 6.92 Å². The molecule has 0 aromatic carbocycles. The van der Waals surface area contributed by atoms with Gasteiger partial charge in [0.2, 0.25) is 0 Å². The molecule has 0 bridgehead atoms. The van der Waals surface area contributed by atoms with Gasteiger partial charge in [0.25, 0.3) is 5.91 Å². The third-order valence-electron chi connectivity index (χ3n) is 1.47. The molecular formula is C7H10ClN3O2. The first-order chi connectivity index (χ1) is 5.65.